The molecule has 0 saturated heterocycles. The molecule has 0 amide bonds. The summed E-state index contributed by atoms with van der Waals surface area (Å²) in [5, 5.41) is 6.66. The van der Waals surface area contributed by atoms with Crippen molar-refractivity contribution in [3.63, 3.8) is 0 Å². The summed E-state index contributed by atoms with van der Waals surface area (Å²) in [7, 11) is 4.86. The maximum absolute atomic E-state index is 5.46. The largest absolute Gasteiger partial charge is 0.496 e. The highest BCUT2D eigenvalue weighted by atomic mass is 127. The molecule has 0 bridgehead atoms. The normalized spacial score (nSPS) is 11.4. The summed E-state index contributed by atoms with van der Waals surface area (Å²) in [6.07, 6.45) is 2.11. The number of methoxy groups -OCH3 is 3. The summed E-state index contributed by atoms with van der Waals surface area (Å²) < 4.78 is 16.3. The topological polar surface area (TPSA) is 64.1 Å². The first-order chi connectivity index (χ1) is 11.9. The Hall–Kier alpha value is -1.03. The maximum atomic E-state index is 5.46. The summed E-state index contributed by atoms with van der Waals surface area (Å²) in [5.74, 6) is 2.80. The fourth-order valence-corrected chi connectivity index (χ4v) is 2.31. The van der Waals surface area contributed by atoms with Gasteiger partial charge in [-0.05, 0) is 33.1 Å². The van der Waals surface area contributed by atoms with Gasteiger partial charge in [0.15, 0.2) is 17.5 Å². The quantitative estimate of drug-likeness (QED) is 0.309. The second kappa shape index (κ2) is 12.4. The Morgan fingerprint density at radius 2 is 1.62 bits per heavy atom. The van der Waals surface area contributed by atoms with Crippen LogP contribution in [0, 0.1) is 0 Å². The highest BCUT2D eigenvalue weighted by molar-refractivity contribution is 14.0. The third-order valence-electron chi connectivity index (χ3n) is 3.77. The molecule has 0 aromatic heterocycles. The summed E-state index contributed by atoms with van der Waals surface area (Å²) in [5.41, 5.74) is 0.932. The van der Waals surface area contributed by atoms with Crippen molar-refractivity contribution in [1.29, 1.82) is 0 Å². The number of nitrogens with one attached hydrogen (secondary N) is 2. The number of benzene rings is 1. The van der Waals surface area contributed by atoms with Crippen molar-refractivity contribution in [3.8, 4) is 17.2 Å². The van der Waals surface area contributed by atoms with Crippen LogP contribution in [0.2, 0.25) is 0 Å². The van der Waals surface area contributed by atoms with Crippen LogP contribution in [0.25, 0.3) is 0 Å². The van der Waals surface area contributed by atoms with Gasteiger partial charge in [0.1, 0.15) is 5.75 Å². The number of rotatable bonds is 9. The van der Waals surface area contributed by atoms with E-state index in [0.29, 0.717) is 18.0 Å². The number of hydrogen-bond donors (Lipinski definition) is 2. The van der Waals surface area contributed by atoms with Gasteiger partial charge in [-0.25, -0.2) is 4.99 Å². The predicted octanol–water partition coefficient (Wildman–Crippen LogP) is 3.53. The molecular weight excluding hydrogens is 465 g/mol. The van der Waals surface area contributed by atoms with E-state index < -0.39 is 0 Å². The molecule has 1 rings (SSSR count). The maximum Gasteiger partial charge on any atom is 0.191 e. The molecule has 0 aliphatic heterocycles. The standard InChI is InChI=1S/C18H31N3O3S.HI/c1-8-19-17(21-12-18(2,3)25-7)20-11-13-9-15(23-5)16(24-6)10-14(13)22-4;/h9-10H,8,11-12H2,1-7H3,(H2,19,20,21);1H. The minimum atomic E-state index is 0. The lowest BCUT2D eigenvalue weighted by atomic mass is 10.1. The molecule has 0 saturated carbocycles. The van der Waals surface area contributed by atoms with E-state index in [2.05, 4.69) is 35.7 Å². The zero-order valence-electron chi connectivity index (χ0n) is 16.8. The van der Waals surface area contributed by atoms with Crippen LogP contribution in [0.4, 0.5) is 0 Å². The molecule has 150 valence electrons. The van der Waals surface area contributed by atoms with E-state index >= 15 is 0 Å². The van der Waals surface area contributed by atoms with Gasteiger partial charge in [0.05, 0.1) is 27.9 Å². The fourth-order valence-electron chi connectivity index (χ4n) is 2.09. The average Bonchev–Trinajstić information content (AvgIpc) is 2.63. The van der Waals surface area contributed by atoms with Gasteiger partial charge < -0.3 is 24.8 Å². The zero-order chi connectivity index (χ0) is 18.9. The monoisotopic (exact) mass is 497 g/mol. The van der Waals surface area contributed by atoms with E-state index in [-0.39, 0.29) is 28.7 Å². The van der Waals surface area contributed by atoms with Crippen molar-refractivity contribution >= 4 is 41.7 Å². The third kappa shape index (κ3) is 7.69. The molecule has 6 nitrogen and oxygen atoms in total. The van der Waals surface area contributed by atoms with Crippen molar-refractivity contribution in [2.24, 2.45) is 4.99 Å². The molecular formula is C18H32IN3O3S. The van der Waals surface area contributed by atoms with Crippen LogP contribution >= 0.6 is 35.7 Å². The Kier molecular flexibility index (Phi) is 11.9. The molecule has 0 heterocycles. The number of guanidine groups is 1. The van der Waals surface area contributed by atoms with Crippen LogP contribution in [-0.2, 0) is 6.54 Å². The molecule has 1 aromatic rings. The van der Waals surface area contributed by atoms with Crippen LogP contribution in [0.15, 0.2) is 17.1 Å². The van der Waals surface area contributed by atoms with Gasteiger partial charge in [-0.3, -0.25) is 0 Å². The highest BCUT2D eigenvalue weighted by Gasteiger charge is 2.16. The number of aliphatic imine (C=N–C) groups is 1. The first-order valence-corrected chi connectivity index (χ1v) is 9.49. The fraction of sp³-hybridized carbons (Fsp3) is 0.611. The Morgan fingerprint density at radius 3 is 2.12 bits per heavy atom. The van der Waals surface area contributed by atoms with Crippen molar-refractivity contribution in [3.05, 3.63) is 17.7 Å². The van der Waals surface area contributed by atoms with E-state index in [1.165, 1.54) is 0 Å². The lowest BCUT2D eigenvalue weighted by molar-refractivity contribution is 0.347. The molecule has 0 atom stereocenters. The Labute approximate surface area is 178 Å². The van der Waals surface area contributed by atoms with Gasteiger partial charge in [-0.15, -0.1) is 24.0 Å². The molecule has 0 fully saturated rings. The first kappa shape index (κ1) is 25.0. The van der Waals surface area contributed by atoms with Crippen LogP contribution in [-0.4, -0.2) is 51.4 Å². The smallest absolute Gasteiger partial charge is 0.191 e. The minimum Gasteiger partial charge on any atom is -0.496 e. The summed E-state index contributed by atoms with van der Waals surface area (Å²) in [4.78, 5) is 4.67. The number of thioether (sulfide) groups is 1. The molecule has 0 spiro atoms. The van der Waals surface area contributed by atoms with Crippen molar-refractivity contribution < 1.29 is 14.2 Å². The van der Waals surface area contributed by atoms with Gasteiger partial charge in [-0.2, -0.15) is 11.8 Å². The van der Waals surface area contributed by atoms with Crippen LogP contribution in [0.1, 0.15) is 26.3 Å². The van der Waals surface area contributed by atoms with Gasteiger partial charge in [0, 0.05) is 29.5 Å². The molecule has 8 heteroatoms. The van der Waals surface area contributed by atoms with Gasteiger partial charge in [-0.1, -0.05) is 0 Å². The van der Waals surface area contributed by atoms with E-state index in [4.69, 9.17) is 14.2 Å². The predicted molar refractivity (Wildman–Crippen MR) is 122 cm³/mol. The van der Waals surface area contributed by atoms with Gasteiger partial charge in [0.25, 0.3) is 0 Å². The number of nitrogens with zero attached hydrogens (tertiary/aromatic N) is 1. The third-order valence-corrected chi connectivity index (χ3v) is 5.02. The SMILES string of the molecule is CCNC(=NCc1cc(OC)c(OC)cc1OC)NCC(C)(C)SC.I. The lowest BCUT2D eigenvalue weighted by Gasteiger charge is -2.23. The van der Waals surface area contributed by atoms with Crippen LogP contribution < -0.4 is 24.8 Å². The summed E-state index contributed by atoms with van der Waals surface area (Å²) >= 11 is 1.82. The molecule has 1 aromatic carbocycles. The van der Waals surface area contributed by atoms with Crippen molar-refractivity contribution in [2.45, 2.75) is 32.1 Å². The van der Waals surface area contributed by atoms with E-state index in [0.717, 1.165) is 30.4 Å². The molecule has 0 aliphatic carbocycles. The van der Waals surface area contributed by atoms with Gasteiger partial charge >= 0.3 is 0 Å². The van der Waals surface area contributed by atoms with E-state index in [9.17, 15) is 0 Å². The van der Waals surface area contributed by atoms with Crippen molar-refractivity contribution in [2.75, 3.05) is 40.7 Å². The van der Waals surface area contributed by atoms with Crippen LogP contribution in [0.3, 0.4) is 0 Å². The van der Waals surface area contributed by atoms with E-state index in [1.807, 2.05) is 30.8 Å². The van der Waals surface area contributed by atoms with Gasteiger partial charge in [0.2, 0.25) is 0 Å². The minimum absolute atomic E-state index is 0. The lowest BCUT2D eigenvalue weighted by Crippen LogP contribution is -2.43. The number of hydrogen-bond acceptors (Lipinski definition) is 5. The van der Waals surface area contributed by atoms with Crippen molar-refractivity contribution in [1.82, 2.24) is 10.6 Å². The highest BCUT2D eigenvalue weighted by Crippen LogP contribution is 2.34. The second-order valence-electron chi connectivity index (χ2n) is 6.03. The Balaban J connectivity index is 0.00000625. The summed E-state index contributed by atoms with van der Waals surface area (Å²) in [6.45, 7) is 8.54. The molecule has 0 radical (unpaired) electrons. The molecule has 2 N–H and O–H groups in total. The molecule has 0 aliphatic rings. The second-order valence-corrected chi connectivity index (χ2v) is 7.54. The zero-order valence-corrected chi connectivity index (χ0v) is 19.9. The number of halogens is 1. The van der Waals surface area contributed by atoms with E-state index in [1.54, 1.807) is 21.3 Å². The number of ether oxygens (including phenoxy) is 3. The first-order valence-electron chi connectivity index (χ1n) is 8.27. The molecule has 0 unspecified atom stereocenters. The molecule has 26 heavy (non-hydrogen) atoms. The average molecular weight is 497 g/mol. The Morgan fingerprint density at radius 1 is 1.04 bits per heavy atom. The summed E-state index contributed by atoms with van der Waals surface area (Å²) in [6, 6.07) is 3.72. The Bertz CT molecular complexity index is 583. The van der Waals surface area contributed by atoms with Crippen LogP contribution in [0.5, 0.6) is 17.2 Å².